The van der Waals surface area contributed by atoms with Gasteiger partial charge in [-0.15, -0.1) is 0 Å². The van der Waals surface area contributed by atoms with Gasteiger partial charge in [0.05, 0.1) is 22.2 Å². The van der Waals surface area contributed by atoms with Crippen molar-refractivity contribution in [2.75, 3.05) is 0 Å². The fourth-order valence-electron chi connectivity index (χ4n) is 8.62. The topological polar surface area (TPSA) is 17.8 Å². The van der Waals surface area contributed by atoms with Crippen LogP contribution in [-0.4, -0.2) is 9.55 Å². The number of hydrogen-bond acceptors (Lipinski definition) is 1. The third-order valence-corrected chi connectivity index (χ3v) is 11.2. The number of nitrogens with zero attached hydrogens (tertiary/aromatic N) is 2. The second-order valence-electron chi connectivity index (χ2n) is 14.3. The van der Waals surface area contributed by atoms with E-state index in [1.165, 1.54) is 87.8 Å². The molecule has 0 radical (unpaired) electrons. The Kier molecular flexibility index (Phi) is 7.21. The molecule has 0 aliphatic carbocycles. The number of pyridine rings is 1. The summed E-state index contributed by atoms with van der Waals surface area (Å²) < 4.78 is 2.37. The van der Waals surface area contributed by atoms with Gasteiger partial charge >= 0.3 is 0 Å². The fourth-order valence-corrected chi connectivity index (χ4v) is 8.62. The molecule has 0 saturated carbocycles. The number of aromatic nitrogens is 2. The molecular formula is C53H34N2. The van der Waals surface area contributed by atoms with Gasteiger partial charge < -0.3 is 4.57 Å². The Balaban J connectivity index is 1.01. The van der Waals surface area contributed by atoms with Crippen molar-refractivity contribution in [2.24, 2.45) is 0 Å². The third kappa shape index (κ3) is 5.15. The van der Waals surface area contributed by atoms with Crippen LogP contribution in [0.1, 0.15) is 0 Å². The Morgan fingerprint density at radius 1 is 0.327 bits per heavy atom. The largest absolute Gasteiger partial charge is 0.309 e. The van der Waals surface area contributed by atoms with E-state index < -0.39 is 0 Å². The Bertz CT molecular complexity index is 3230. The summed E-state index contributed by atoms with van der Waals surface area (Å²) in [5, 5.41) is 8.63. The molecule has 11 aromatic rings. The quantitative estimate of drug-likeness (QED) is 0.164. The maximum Gasteiger partial charge on any atom is 0.0722 e. The Morgan fingerprint density at radius 3 is 1.65 bits per heavy atom. The molecule has 2 nitrogen and oxygen atoms in total. The summed E-state index contributed by atoms with van der Waals surface area (Å²) in [5.74, 6) is 0. The van der Waals surface area contributed by atoms with Gasteiger partial charge in [0.25, 0.3) is 0 Å². The highest BCUT2D eigenvalue weighted by Gasteiger charge is 2.16. The van der Waals surface area contributed by atoms with E-state index >= 15 is 0 Å². The van der Waals surface area contributed by atoms with E-state index in [4.69, 9.17) is 4.98 Å². The molecule has 0 amide bonds. The van der Waals surface area contributed by atoms with E-state index in [0.717, 1.165) is 16.8 Å². The van der Waals surface area contributed by atoms with Crippen molar-refractivity contribution in [3.63, 3.8) is 0 Å². The van der Waals surface area contributed by atoms with Crippen molar-refractivity contribution in [2.45, 2.75) is 0 Å². The van der Waals surface area contributed by atoms with Crippen LogP contribution < -0.4 is 0 Å². The molecule has 2 heteroatoms. The molecule has 9 aromatic carbocycles. The van der Waals surface area contributed by atoms with E-state index in [9.17, 15) is 0 Å². The van der Waals surface area contributed by atoms with E-state index in [-0.39, 0.29) is 0 Å². The molecular weight excluding hydrogens is 665 g/mol. The van der Waals surface area contributed by atoms with Crippen LogP contribution in [0.5, 0.6) is 0 Å². The molecule has 0 aliphatic rings. The van der Waals surface area contributed by atoms with Crippen LogP contribution in [0, 0.1) is 0 Å². The van der Waals surface area contributed by atoms with E-state index in [0.29, 0.717) is 0 Å². The molecule has 0 aliphatic heterocycles. The number of benzene rings is 9. The maximum absolute atomic E-state index is 5.24. The molecule has 0 unspecified atom stereocenters. The highest BCUT2D eigenvalue weighted by atomic mass is 15.0. The first-order valence-electron chi connectivity index (χ1n) is 18.9. The zero-order valence-electron chi connectivity index (χ0n) is 30.0. The number of rotatable bonds is 5. The number of hydrogen-bond donors (Lipinski definition) is 0. The molecule has 2 aromatic heterocycles. The van der Waals surface area contributed by atoms with Crippen LogP contribution in [0.25, 0.3) is 105 Å². The average molecular weight is 699 g/mol. The first kappa shape index (κ1) is 31.3. The Hall–Kier alpha value is -7.29. The second-order valence-corrected chi connectivity index (χ2v) is 14.3. The normalized spacial score (nSPS) is 11.6. The minimum atomic E-state index is 0.970. The first-order chi connectivity index (χ1) is 27.3. The summed E-state index contributed by atoms with van der Waals surface area (Å²) >= 11 is 0. The Morgan fingerprint density at radius 2 is 0.891 bits per heavy atom. The summed E-state index contributed by atoms with van der Waals surface area (Å²) in [7, 11) is 0. The predicted octanol–water partition coefficient (Wildman–Crippen LogP) is 14.3. The van der Waals surface area contributed by atoms with Crippen LogP contribution in [0.3, 0.4) is 0 Å². The molecule has 0 spiro atoms. The fraction of sp³-hybridized carbons (Fsp3) is 0. The molecule has 11 rings (SSSR count). The highest BCUT2D eigenvalue weighted by molar-refractivity contribution is 6.14. The molecule has 0 fully saturated rings. The average Bonchev–Trinajstić information content (AvgIpc) is 3.60. The van der Waals surface area contributed by atoms with E-state index in [1.807, 2.05) is 0 Å². The van der Waals surface area contributed by atoms with Gasteiger partial charge in [-0.25, -0.2) is 4.98 Å². The highest BCUT2D eigenvalue weighted by Crippen LogP contribution is 2.41. The van der Waals surface area contributed by atoms with E-state index in [1.54, 1.807) is 0 Å². The van der Waals surface area contributed by atoms with Crippen LogP contribution in [0.2, 0.25) is 0 Å². The minimum Gasteiger partial charge on any atom is -0.309 e. The molecule has 0 saturated heterocycles. The number of fused-ring (bicyclic) bond motifs is 7. The molecule has 0 atom stereocenters. The zero-order valence-corrected chi connectivity index (χ0v) is 30.0. The van der Waals surface area contributed by atoms with Gasteiger partial charge in [-0.05, 0) is 97.4 Å². The summed E-state index contributed by atoms with van der Waals surface area (Å²) in [4.78, 5) is 5.24. The van der Waals surface area contributed by atoms with Crippen molar-refractivity contribution in [3.05, 3.63) is 206 Å². The maximum atomic E-state index is 5.24. The first-order valence-corrected chi connectivity index (χ1v) is 18.9. The van der Waals surface area contributed by atoms with Crippen molar-refractivity contribution in [1.82, 2.24) is 9.55 Å². The van der Waals surface area contributed by atoms with Gasteiger partial charge in [0, 0.05) is 27.4 Å². The lowest BCUT2D eigenvalue weighted by Gasteiger charge is -2.14. The summed E-state index contributed by atoms with van der Waals surface area (Å²) in [6.45, 7) is 0. The monoisotopic (exact) mass is 698 g/mol. The van der Waals surface area contributed by atoms with Crippen molar-refractivity contribution in [1.29, 1.82) is 0 Å². The summed E-state index contributed by atoms with van der Waals surface area (Å²) in [6.07, 6.45) is 0. The van der Waals surface area contributed by atoms with Crippen molar-refractivity contribution in [3.8, 4) is 50.3 Å². The predicted molar refractivity (Wildman–Crippen MR) is 233 cm³/mol. The van der Waals surface area contributed by atoms with Crippen LogP contribution in [-0.2, 0) is 0 Å². The van der Waals surface area contributed by atoms with Gasteiger partial charge in [-0.1, -0.05) is 164 Å². The van der Waals surface area contributed by atoms with Gasteiger partial charge in [0.1, 0.15) is 0 Å². The lowest BCUT2D eigenvalue weighted by Crippen LogP contribution is -1.93. The standard InChI is InChI=1S/C53H34N2/c1-3-13-35(14-4-1)47-34-50(54-49-31-27-36-15-7-8-18-43(36)53(47)49)38-25-23-37(24-26-38)41-29-30-42(45-20-10-9-19-44(41)45)39-28-32-52-48(33-39)46-21-11-12-22-51(46)55(52)40-16-5-2-6-17-40/h1-34H. The minimum absolute atomic E-state index is 0.970. The molecule has 0 N–H and O–H groups in total. The van der Waals surface area contributed by atoms with E-state index in [2.05, 4.69) is 211 Å². The van der Waals surface area contributed by atoms with Gasteiger partial charge in [-0.2, -0.15) is 0 Å². The summed E-state index contributed by atoms with van der Waals surface area (Å²) in [6, 6.07) is 74.5. The van der Waals surface area contributed by atoms with Crippen LogP contribution in [0.15, 0.2) is 206 Å². The van der Waals surface area contributed by atoms with Crippen molar-refractivity contribution >= 4 is 54.3 Å². The molecule has 2 heterocycles. The molecule has 0 bridgehead atoms. The zero-order chi connectivity index (χ0) is 36.3. The lowest BCUT2D eigenvalue weighted by molar-refractivity contribution is 1.18. The Labute approximate surface area is 319 Å². The van der Waals surface area contributed by atoms with Gasteiger partial charge in [0.2, 0.25) is 0 Å². The van der Waals surface area contributed by atoms with Gasteiger partial charge in [0.15, 0.2) is 0 Å². The third-order valence-electron chi connectivity index (χ3n) is 11.2. The van der Waals surface area contributed by atoms with Crippen LogP contribution in [0.4, 0.5) is 0 Å². The molecule has 55 heavy (non-hydrogen) atoms. The second kappa shape index (κ2) is 12.7. The SMILES string of the molecule is c1ccc(-c2cc(-c3ccc(-c4ccc(-c5ccc6c(c5)c5ccccc5n6-c5ccccc5)c5ccccc45)cc3)nc3ccc4ccccc4c23)cc1. The van der Waals surface area contributed by atoms with Crippen molar-refractivity contribution < 1.29 is 0 Å². The smallest absolute Gasteiger partial charge is 0.0722 e. The summed E-state index contributed by atoms with van der Waals surface area (Å²) in [5.41, 5.74) is 13.9. The number of para-hydroxylation sites is 2. The molecule has 256 valence electrons. The lowest BCUT2D eigenvalue weighted by atomic mass is 9.91. The van der Waals surface area contributed by atoms with Crippen LogP contribution >= 0.6 is 0 Å². The van der Waals surface area contributed by atoms with Gasteiger partial charge in [-0.3, -0.25) is 0 Å².